The van der Waals surface area contributed by atoms with Gasteiger partial charge in [0.2, 0.25) is 0 Å². The molecule has 11 heavy (non-hydrogen) atoms. The van der Waals surface area contributed by atoms with Gasteiger partial charge in [0.25, 0.3) is 0 Å². The van der Waals surface area contributed by atoms with Gasteiger partial charge in [-0.3, -0.25) is 4.79 Å². The Morgan fingerprint density at radius 2 is 2.55 bits per heavy atom. The SMILES string of the molecule is COC[C@H]1CCN(C(=O)Cl)C1. The molecule has 0 bridgehead atoms. The van der Waals surface area contributed by atoms with Crippen LogP contribution in [0, 0.1) is 5.92 Å². The lowest BCUT2D eigenvalue weighted by molar-refractivity contribution is 0.155. The number of carbonyl (C=O) groups excluding carboxylic acids is 1. The van der Waals surface area contributed by atoms with E-state index >= 15 is 0 Å². The summed E-state index contributed by atoms with van der Waals surface area (Å²) in [5.74, 6) is 0.475. The van der Waals surface area contributed by atoms with E-state index < -0.39 is 0 Å². The van der Waals surface area contributed by atoms with Crippen molar-refractivity contribution in [3.05, 3.63) is 0 Å². The summed E-state index contributed by atoms with van der Waals surface area (Å²) in [5, 5.41) is -0.344. The van der Waals surface area contributed by atoms with E-state index in [1.807, 2.05) is 0 Å². The highest BCUT2D eigenvalue weighted by atomic mass is 35.5. The summed E-state index contributed by atoms with van der Waals surface area (Å²) >= 11 is 5.30. The molecular weight excluding hydrogens is 166 g/mol. The van der Waals surface area contributed by atoms with Gasteiger partial charge in [-0.25, -0.2) is 0 Å². The zero-order chi connectivity index (χ0) is 8.27. The van der Waals surface area contributed by atoms with Crippen LogP contribution in [0.25, 0.3) is 0 Å². The number of ether oxygens (including phenoxy) is 1. The molecule has 1 atom stereocenters. The lowest BCUT2D eigenvalue weighted by Gasteiger charge is -2.11. The van der Waals surface area contributed by atoms with Crippen LogP contribution in [0.15, 0.2) is 0 Å². The number of hydrogen-bond donors (Lipinski definition) is 0. The zero-order valence-electron chi connectivity index (χ0n) is 6.55. The molecule has 1 aliphatic heterocycles. The Hall–Kier alpha value is -0.280. The molecule has 0 aromatic rings. The third kappa shape index (κ3) is 2.34. The van der Waals surface area contributed by atoms with Gasteiger partial charge in [0.05, 0.1) is 6.61 Å². The van der Waals surface area contributed by atoms with Gasteiger partial charge < -0.3 is 9.64 Å². The number of halogens is 1. The summed E-state index contributed by atoms with van der Waals surface area (Å²) in [6.07, 6.45) is 1.01. The van der Waals surface area contributed by atoms with E-state index in [4.69, 9.17) is 16.3 Å². The molecule has 1 aliphatic rings. The molecule has 1 saturated heterocycles. The maximum absolute atomic E-state index is 10.6. The standard InChI is InChI=1S/C7H12ClNO2/c1-11-5-6-2-3-9(4-6)7(8)10/h6H,2-5H2,1H3/t6-/m0/s1. The summed E-state index contributed by atoms with van der Waals surface area (Å²) in [7, 11) is 1.67. The zero-order valence-corrected chi connectivity index (χ0v) is 7.30. The molecule has 0 spiro atoms. The maximum Gasteiger partial charge on any atom is 0.316 e. The third-order valence-electron chi connectivity index (χ3n) is 1.94. The lowest BCUT2D eigenvalue weighted by Crippen LogP contribution is -2.23. The Balaban J connectivity index is 2.29. The number of amides is 1. The van der Waals surface area contributed by atoms with Crippen LogP contribution >= 0.6 is 11.6 Å². The van der Waals surface area contributed by atoms with E-state index in [1.54, 1.807) is 12.0 Å². The van der Waals surface area contributed by atoms with Crippen molar-refractivity contribution in [2.24, 2.45) is 5.92 Å². The summed E-state index contributed by atoms with van der Waals surface area (Å²) in [6.45, 7) is 2.24. The van der Waals surface area contributed by atoms with E-state index in [0.717, 1.165) is 26.1 Å². The minimum Gasteiger partial charge on any atom is -0.384 e. The Labute approximate surface area is 71.3 Å². The molecule has 3 nitrogen and oxygen atoms in total. The molecule has 0 unspecified atom stereocenters. The minimum atomic E-state index is -0.344. The maximum atomic E-state index is 10.6. The number of nitrogens with zero attached hydrogens (tertiary/aromatic N) is 1. The van der Waals surface area contributed by atoms with Crippen LogP contribution in [0.2, 0.25) is 0 Å². The molecule has 0 aromatic heterocycles. The minimum absolute atomic E-state index is 0.344. The molecule has 1 amide bonds. The number of likely N-dealkylation sites (tertiary alicyclic amines) is 1. The Kier molecular flexibility index (Phi) is 3.15. The second-order valence-electron chi connectivity index (χ2n) is 2.81. The van der Waals surface area contributed by atoms with Crippen molar-refractivity contribution in [2.75, 3.05) is 26.8 Å². The summed E-state index contributed by atoms with van der Waals surface area (Å²) in [5.41, 5.74) is 0. The van der Waals surface area contributed by atoms with E-state index in [-0.39, 0.29) is 5.37 Å². The van der Waals surface area contributed by atoms with E-state index in [0.29, 0.717) is 5.92 Å². The summed E-state index contributed by atoms with van der Waals surface area (Å²) in [6, 6.07) is 0. The average molecular weight is 178 g/mol. The van der Waals surface area contributed by atoms with Gasteiger partial charge in [0.15, 0.2) is 0 Å². The van der Waals surface area contributed by atoms with Crippen LogP contribution < -0.4 is 0 Å². The van der Waals surface area contributed by atoms with Gasteiger partial charge in [-0.15, -0.1) is 0 Å². The number of rotatable bonds is 2. The number of hydrogen-bond acceptors (Lipinski definition) is 2. The largest absolute Gasteiger partial charge is 0.384 e. The second-order valence-corrected chi connectivity index (χ2v) is 3.13. The molecule has 64 valence electrons. The molecule has 1 fully saturated rings. The smallest absolute Gasteiger partial charge is 0.316 e. The first-order valence-electron chi connectivity index (χ1n) is 3.67. The molecule has 1 heterocycles. The molecule has 0 aliphatic carbocycles. The van der Waals surface area contributed by atoms with Gasteiger partial charge in [-0.2, -0.15) is 0 Å². The van der Waals surface area contributed by atoms with Crippen molar-refractivity contribution < 1.29 is 9.53 Å². The molecule has 0 saturated carbocycles. The Morgan fingerprint density at radius 1 is 1.82 bits per heavy atom. The van der Waals surface area contributed by atoms with Crippen LogP contribution in [0.4, 0.5) is 4.79 Å². The van der Waals surface area contributed by atoms with Gasteiger partial charge in [-0.05, 0) is 18.0 Å². The predicted molar refractivity (Wildman–Crippen MR) is 42.8 cm³/mol. The molecule has 1 rings (SSSR count). The topological polar surface area (TPSA) is 29.5 Å². The van der Waals surface area contributed by atoms with Crippen molar-refractivity contribution in [1.29, 1.82) is 0 Å². The first-order chi connectivity index (χ1) is 5.24. The van der Waals surface area contributed by atoms with Crippen molar-refractivity contribution in [3.8, 4) is 0 Å². The fourth-order valence-electron chi connectivity index (χ4n) is 1.36. The fraction of sp³-hybridized carbons (Fsp3) is 0.857. The van der Waals surface area contributed by atoms with Crippen LogP contribution in [-0.4, -0.2) is 37.1 Å². The third-order valence-corrected chi connectivity index (χ3v) is 2.18. The monoisotopic (exact) mass is 177 g/mol. The quantitative estimate of drug-likeness (QED) is 0.470. The summed E-state index contributed by atoms with van der Waals surface area (Å²) < 4.78 is 4.97. The fourth-order valence-corrected chi connectivity index (χ4v) is 1.52. The van der Waals surface area contributed by atoms with E-state index in [2.05, 4.69) is 0 Å². The average Bonchev–Trinajstić information content (AvgIpc) is 2.37. The van der Waals surface area contributed by atoms with Crippen LogP contribution in [0.1, 0.15) is 6.42 Å². The number of carbonyl (C=O) groups is 1. The summed E-state index contributed by atoms with van der Waals surface area (Å²) in [4.78, 5) is 12.3. The first kappa shape index (κ1) is 8.81. The van der Waals surface area contributed by atoms with Crippen LogP contribution in [0.5, 0.6) is 0 Å². The van der Waals surface area contributed by atoms with Crippen molar-refractivity contribution in [1.82, 2.24) is 4.90 Å². The van der Waals surface area contributed by atoms with E-state index in [1.165, 1.54) is 0 Å². The van der Waals surface area contributed by atoms with E-state index in [9.17, 15) is 4.79 Å². The van der Waals surface area contributed by atoms with Crippen molar-refractivity contribution in [3.63, 3.8) is 0 Å². The van der Waals surface area contributed by atoms with Gasteiger partial charge >= 0.3 is 5.37 Å². The Morgan fingerprint density at radius 3 is 3.00 bits per heavy atom. The molecule has 4 heteroatoms. The van der Waals surface area contributed by atoms with Crippen molar-refractivity contribution >= 4 is 17.0 Å². The van der Waals surface area contributed by atoms with Gasteiger partial charge in [-0.1, -0.05) is 0 Å². The molecular formula is C7H12ClNO2. The Bertz CT molecular complexity index is 151. The predicted octanol–water partition coefficient (Wildman–Crippen LogP) is 1.31. The molecule has 0 N–H and O–H groups in total. The highest BCUT2D eigenvalue weighted by Gasteiger charge is 2.24. The molecule has 0 aromatic carbocycles. The molecule has 0 radical (unpaired) electrons. The first-order valence-corrected chi connectivity index (χ1v) is 4.05. The van der Waals surface area contributed by atoms with Crippen LogP contribution in [-0.2, 0) is 4.74 Å². The normalized spacial score (nSPS) is 24.2. The highest BCUT2D eigenvalue weighted by molar-refractivity contribution is 6.62. The van der Waals surface area contributed by atoms with Crippen molar-refractivity contribution in [2.45, 2.75) is 6.42 Å². The van der Waals surface area contributed by atoms with Gasteiger partial charge in [0.1, 0.15) is 0 Å². The number of methoxy groups -OCH3 is 1. The second kappa shape index (κ2) is 3.93. The van der Waals surface area contributed by atoms with Crippen LogP contribution in [0.3, 0.4) is 0 Å². The highest BCUT2D eigenvalue weighted by Crippen LogP contribution is 2.17. The van der Waals surface area contributed by atoms with Gasteiger partial charge in [0, 0.05) is 26.1 Å². The lowest BCUT2D eigenvalue weighted by atomic mass is 10.1.